The van der Waals surface area contributed by atoms with E-state index >= 15 is 0 Å². The summed E-state index contributed by atoms with van der Waals surface area (Å²) >= 11 is 0. The number of benzene rings is 1. The van der Waals surface area contributed by atoms with Crippen molar-refractivity contribution in [1.82, 2.24) is 9.78 Å². The summed E-state index contributed by atoms with van der Waals surface area (Å²) < 4.78 is 1.35. The number of hydrogen-bond acceptors (Lipinski definition) is 6. The fraction of sp³-hybridized carbons (Fsp3) is 0.250. The third-order valence-electron chi connectivity index (χ3n) is 3.01. The number of nitrogens with zero attached hydrogens (tertiary/aromatic N) is 4. The summed E-state index contributed by atoms with van der Waals surface area (Å²) in [5.41, 5.74) is 0.561. The Kier molecular flexibility index (Phi) is 3.83. The molecule has 0 saturated carbocycles. The normalized spacial score (nSPS) is 10.4. The van der Waals surface area contributed by atoms with E-state index in [1.54, 1.807) is 25.2 Å². The number of anilines is 1. The van der Waals surface area contributed by atoms with Crippen LogP contribution in [0.1, 0.15) is 11.3 Å². The van der Waals surface area contributed by atoms with Crippen molar-refractivity contribution in [3.8, 4) is 0 Å². The molecule has 0 unspecified atom stereocenters. The predicted octanol–water partition coefficient (Wildman–Crippen LogP) is 2.16. The van der Waals surface area contributed by atoms with E-state index in [-0.39, 0.29) is 29.4 Å². The van der Waals surface area contributed by atoms with Crippen LogP contribution in [0.25, 0.3) is 0 Å². The maximum absolute atomic E-state index is 11.0. The third kappa shape index (κ3) is 2.81. The summed E-state index contributed by atoms with van der Waals surface area (Å²) in [5.74, 6) is 0.218. The molecule has 0 aliphatic carbocycles. The predicted molar refractivity (Wildman–Crippen MR) is 75.0 cm³/mol. The molecule has 1 aromatic heterocycles. The zero-order valence-electron chi connectivity index (χ0n) is 11.4. The van der Waals surface area contributed by atoms with Crippen molar-refractivity contribution in [2.75, 3.05) is 5.32 Å². The average molecular weight is 291 g/mol. The van der Waals surface area contributed by atoms with Crippen molar-refractivity contribution in [2.24, 2.45) is 7.05 Å². The number of aryl methyl sites for hydroxylation is 2. The molecular formula is C12H13N5O4. The van der Waals surface area contributed by atoms with Gasteiger partial charge in [-0.1, -0.05) is 18.2 Å². The van der Waals surface area contributed by atoms with E-state index < -0.39 is 9.85 Å². The minimum absolute atomic E-state index is 0.0356. The molecule has 0 spiro atoms. The van der Waals surface area contributed by atoms with E-state index in [0.29, 0.717) is 5.56 Å². The number of nitro groups is 2. The lowest BCUT2D eigenvalue weighted by molar-refractivity contribution is -0.385. The molecule has 0 atom stereocenters. The van der Waals surface area contributed by atoms with Crippen LogP contribution in [0.15, 0.2) is 24.3 Å². The maximum Gasteiger partial charge on any atom is 0.333 e. The van der Waals surface area contributed by atoms with Gasteiger partial charge in [0.2, 0.25) is 5.82 Å². The van der Waals surface area contributed by atoms with Gasteiger partial charge in [0.1, 0.15) is 5.69 Å². The summed E-state index contributed by atoms with van der Waals surface area (Å²) in [5, 5.41) is 28.8. The van der Waals surface area contributed by atoms with Gasteiger partial charge in [0.05, 0.1) is 9.85 Å². The Morgan fingerprint density at radius 3 is 2.52 bits per heavy atom. The van der Waals surface area contributed by atoms with Gasteiger partial charge in [0.15, 0.2) is 0 Å². The smallest absolute Gasteiger partial charge is 0.333 e. The highest BCUT2D eigenvalue weighted by Gasteiger charge is 2.24. The molecule has 110 valence electrons. The highest BCUT2D eigenvalue weighted by atomic mass is 16.6. The second-order valence-corrected chi connectivity index (χ2v) is 4.40. The first-order valence-corrected chi connectivity index (χ1v) is 6.06. The van der Waals surface area contributed by atoms with Crippen LogP contribution in [-0.4, -0.2) is 19.6 Å². The van der Waals surface area contributed by atoms with Gasteiger partial charge in [-0.05, 0) is 6.92 Å². The fourth-order valence-corrected chi connectivity index (χ4v) is 2.08. The summed E-state index contributed by atoms with van der Waals surface area (Å²) in [7, 11) is 1.57. The zero-order valence-corrected chi connectivity index (χ0v) is 11.4. The van der Waals surface area contributed by atoms with Gasteiger partial charge in [0, 0.05) is 25.2 Å². The quantitative estimate of drug-likeness (QED) is 0.666. The molecular weight excluding hydrogens is 278 g/mol. The van der Waals surface area contributed by atoms with Crippen molar-refractivity contribution in [2.45, 2.75) is 13.5 Å². The maximum atomic E-state index is 11.0. The van der Waals surface area contributed by atoms with Crippen molar-refractivity contribution in [3.05, 3.63) is 55.8 Å². The lowest BCUT2D eigenvalue weighted by Crippen LogP contribution is -2.08. The number of nitrogens with one attached hydrogen (secondary N) is 1. The Bertz CT molecular complexity index is 710. The second-order valence-electron chi connectivity index (χ2n) is 4.40. The van der Waals surface area contributed by atoms with E-state index in [1.165, 1.54) is 17.7 Å². The number of rotatable bonds is 5. The largest absolute Gasteiger partial charge is 0.360 e. The van der Waals surface area contributed by atoms with Crippen LogP contribution in [0.3, 0.4) is 0 Å². The molecule has 0 saturated heterocycles. The average Bonchev–Trinajstić information content (AvgIpc) is 2.70. The second kappa shape index (κ2) is 5.57. The molecule has 21 heavy (non-hydrogen) atoms. The minimum Gasteiger partial charge on any atom is -0.360 e. The van der Waals surface area contributed by atoms with E-state index in [4.69, 9.17) is 0 Å². The topological polar surface area (TPSA) is 116 Å². The highest BCUT2D eigenvalue weighted by molar-refractivity contribution is 5.60. The monoisotopic (exact) mass is 291 g/mol. The molecule has 1 aromatic carbocycles. The Morgan fingerprint density at radius 2 is 1.90 bits per heavy atom. The standard InChI is InChI=1S/C12H13N5O4/c1-8-11(17(20)21)12(15(2)14-8)13-7-9-5-3-4-6-10(9)16(18)19/h3-6,13H,7H2,1-2H3. The van der Waals surface area contributed by atoms with Gasteiger partial charge in [0.25, 0.3) is 5.69 Å². The SMILES string of the molecule is Cc1nn(C)c(NCc2ccccc2[N+](=O)[O-])c1[N+](=O)[O-]. The summed E-state index contributed by atoms with van der Waals surface area (Å²) in [6, 6.07) is 6.23. The van der Waals surface area contributed by atoms with Crippen molar-refractivity contribution < 1.29 is 9.85 Å². The number of nitro benzene ring substituents is 1. The molecule has 9 heteroatoms. The lowest BCUT2D eigenvalue weighted by Gasteiger charge is -2.06. The fourth-order valence-electron chi connectivity index (χ4n) is 2.08. The van der Waals surface area contributed by atoms with Crippen LogP contribution in [-0.2, 0) is 13.6 Å². The molecule has 1 N–H and O–H groups in total. The van der Waals surface area contributed by atoms with Gasteiger partial charge >= 0.3 is 5.69 Å². The molecule has 0 aliphatic heterocycles. The Hall–Kier alpha value is -2.97. The van der Waals surface area contributed by atoms with E-state index in [0.717, 1.165) is 0 Å². The molecule has 0 fully saturated rings. The lowest BCUT2D eigenvalue weighted by atomic mass is 10.2. The van der Waals surface area contributed by atoms with Crippen LogP contribution < -0.4 is 5.32 Å². The number of hydrogen-bond donors (Lipinski definition) is 1. The van der Waals surface area contributed by atoms with Gasteiger partial charge in [-0.2, -0.15) is 5.10 Å². The molecule has 2 rings (SSSR count). The summed E-state index contributed by atoms with van der Waals surface area (Å²) in [6.45, 7) is 1.63. The summed E-state index contributed by atoms with van der Waals surface area (Å²) in [4.78, 5) is 21.0. The highest BCUT2D eigenvalue weighted by Crippen LogP contribution is 2.28. The van der Waals surface area contributed by atoms with Crippen molar-refractivity contribution in [1.29, 1.82) is 0 Å². The zero-order chi connectivity index (χ0) is 15.6. The third-order valence-corrected chi connectivity index (χ3v) is 3.01. The Morgan fingerprint density at radius 1 is 1.24 bits per heavy atom. The molecule has 1 heterocycles. The Labute approximate surface area is 119 Å². The van der Waals surface area contributed by atoms with Gasteiger partial charge in [-0.15, -0.1) is 0 Å². The molecule has 0 radical (unpaired) electrons. The van der Waals surface area contributed by atoms with Crippen LogP contribution in [0.5, 0.6) is 0 Å². The van der Waals surface area contributed by atoms with Crippen LogP contribution >= 0.6 is 0 Å². The van der Waals surface area contributed by atoms with Crippen molar-refractivity contribution >= 4 is 17.2 Å². The Balaban J connectivity index is 2.29. The van der Waals surface area contributed by atoms with E-state index in [9.17, 15) is 20.2 Å². The van der Waals surface area contributed by atoms with E-state index in [2.05, 4.69) is 10.4 Å². The number of aromatic nitrogens is 2. The van der Waals surface area contributed by atoms with Gasteiger partial charge in [-0.25, -0.2) is 4.68 Å². The molecule has 2 aromatic rings. The van der Waals surface area contributed by atoms with Crippen LogP contribution in [0.2, 0.25) is 0 Å². The molecule has 0 bridgehead atoms. The molecule has 0 aliphatic rings. The van der Waals surface area contributed by atoms with E-state index in [1.807, 2.05) is 0 Å². The first-order chi connectivity index (χ1) is 9.91. The van der Waals surface area contributed by atoms with Crippen molar-refractivity contribution in [3.63, 3.8) is 0 Å². The first kappa shape index (κ1) is 14.4. The molecule has 9 nitrogen and oxygen atoms in total. The number of para-hydroxylation sites is 1. The van der Waals surface area contributed by atoms with Crippen LogP contribution in [0.4, 0.5) is 17.2 Å². The molecule has 0 amide bonds. The minimum atomic E-state index is -0.524. The van der Waals surface area contributed by atoms with Gasteiger partial charge in [-0.3, -0.25) is 20.2 Å². The van der Waals surface area contributed by atoms with Crippen LogP contribution in [0, 0.1) is 27.2 Å². The summed E-state index contributed by atoms with van der Waals surface area (Å²) in [6.07, 6.45) is 0. The first-order valence-electron chi connectivity index (χ1n) is 6.06. The van der Waals surface area contributed by atoms with Gasteiger partial charge < -0.3 is 5.32 Å².